The van der Waals surface area contributed by atoms with Crippen LogP contribution in [0.25, 0.3) is 11.3 Å². The molecule has 0 saturated carbocycles. The number of aryl methyl sites for hydroxylation is 2. The van der Waals surface area contributed by atoms with E-state index in [4.69, 9.17) is 5.73 Å². The molecule has 0 unspecified atom stereocenters. The number of hydrogen-bond donors (Lipinski definition) is 1. The topological polar surface area (TPSA) is 64.2 Å². The molecule has 0 aliphatic carbocycles. The van der Waals surface area contributed by atoms with Gasteiger partial charge in [0, 0.05) is 37.6 Å². The number of aromatic nitrogens is 2. The Morgan fingerprint density at radius 2 is 1.90 bits per heavy atom. The van der Waals surface area contributed by atoms with Crippen molar-refractivity contribution in [1.82, 2.24) is 14.7 Å². The maximum absolute atomic E-state index is 12.9. The Morgan fingerprint density at radius 3 is 2.52 bits per heavy atom. The van der Waals surface area contributed by atoms with Gasteiger partial charge in [-0.05, 0) is 60.1 Å². The van der Waals surface area contributed by atoms with E-state index in [9.17, 15) is 4.79 Å². The fourth-order valence-electron chi connectivity index (χ4n) is 4.34. The van der Waals surface area contributed by atoms with Gasteiger partial charge in [-0.3, -0.25) is 9.48 Å². The Morgan fingerprint density at radius 1 is 1.14 bits per heavy atom. The number of rotatable bonds is 3. The van der Waals surface area contributed by atoms with Crippen LogP contribution in [0.15, 0.2) is 54.7 Å². The fourth-order valence-corrected chi connectivity index (χ4v) is 4.34. The number of likely N-dealkylation sites (tertiary alicyclic amines) is 1. The summed E-state index contributed by atoms with van der Waals surface area (Å²) in [6.07, 6.45) is 2.79. The summed E-state index contributed by atoms with van der Waals surface area (Å²) in [5.41, 5.74) is 12.0. The van der Waals surface area contributed by atoms with Crippen LogP contribution in [0.4, 0.5) is 5.69 Å². The van der Waals surface area contributed by atoms with Crippen molar-refractivity contribution in [2.75, 3.05) is 18.8 Å². The summed E-state index contributed by atoms with van der Waals surface area (Å²) in [6.45, 7) is 5.73. The van der Waals surface area contributed by atoms with Crippen LogP contribution in [0.2, 0.25) is 0 Å². The number of anilines is 1. The normalized spacial score (nSPS) is 19.3. The Bertz CT molecular complexity index is 1020. The van der Waals surface area contributed by atoms with Gasteiger partial charge in [-0.15, -0.1) is 0 Å². The largest absolute Gasteiger partial charge is 0.398 e. The number of nitrogens with zero attached hydrogens (tertiary/aromatic N) is 3. The maximum Gasteiger partial charge on any atom is 0.253 e. The first-order chi connectivity index (χ1) is 13.9. The molecule has 29 heavy (non-hydrogen) atoms. The molecule has 3 aromatic rings. The predicted molar refractivity (Wildman–Crippen MR) is 117 cm³/mol. The molecule has 1 amide bonds. The molecule has 0 bridgehead atoms. The van der Waals surface area contributed by atoms with Crippen LogP contribution in [0.5, 0.6) is 0 Å². The first kappa shape index (κ1) is 19.2. The average Bonchev–Trinajstić information content (AvgIpc) is 3.15. The second-order valence-corrected chi connectivity index (χ2v) is 8.16. The third-order valence-corrected chi connectivity index (χ3v) is 6.17. The zero-order valence-electron chi connectivity index (χ0n) is 17.3. The third-order valence-electron chi connectivity index (χ3n) is 6.17. The molecule has 4 rings (SSSR count). The molecule has 5 nitrogen and oxygen atoms in total. The van der Waals surface area contributed by atoms with E-state index in [0.717, 1.165) is 30.8 Å². The van der Waals surface area contributed by atoms with Gasteiger partial charge in [-0.1, -0.05) is 37.3 Å². The lowest BCUT2D eigenvalue weighted by Crippen LogP contribution is -2.42. The minimum Gasteiger partial charge on any atom is -0.398 e. The van der Waals surface area contributed by atoms with Gasteiger partial charge >= 0.3 is 0 Å². The van der Waals surface area contributed by atoms with E-state index >= 15 is 0 Å². The summed E-state index contributed by atoms with van der Waals surface area (Å²) in [6, 6.07) is 16.4. The summed E-state index contributed by atoms with van der Waals surface area (Å²) in [5.74, 6) is 0.939. The van der Waals surface area contributed by atoms with Crippen molar-refractivity contribution in [3.05, 3.63) is 71.4 Å². The van der Waals surface area contributed by atoms with Crippen molar-refractivity contribution in [3.8, 4) is 11.3 Å². The first-order valence-corrected chi connectivity index (χ1v) is 10.2. The molecule has 2 heterocycles. The lowest BCUT2D eigenvalue weighted by Gasteiger charge is -2.37. The number of nitrogen functional groups attached to an aromatic ring is 1. The van der Waals surface area contributed by atoms with E-state index in [1.165, 1.54) is 11.1 Å². The third kappa shape index (κ3) is 3.77. The highest BCUT2D eigenvalue weighted by molar-refractivity contribution is 5.95. The predicted octanol–water partition coefficient (Wildman–Crippen LogP) is 4.24. The minimum absolute atomic E-state index is 0.0774. The Labute approximate surface area is 172 Å². The SMILES string of the molecule is Cc1ccc(C(=O)N2CC[C@H](c3ccc(-c4ccnn4C)cc3)[C@@H](C)C2)cc1N. The van der Waals surface area contributed by atoms with Gasteiger partial charge in [0.2, 0.25) is 0 Å². The molecule has 2 atom stereocenters. The quantitative estimate of drug-likeness (QED) is 0.683. The highest BCUT2D eigenvalue weighted by Crippen LogP contribution is 2.34. The van der Waals surface area contributed by atoms with E-state index < -0.39 is 0 Å². The molecule has 2 aromatic carbocycles. The monoisotopic (exact) mass is 388 g/mol. The van der Waals surface area contributed by atoms with Gasteiger partial charge in [-0.25, -0.2) is 0 Å². The number of amides is 1. The van der Waals surface area contributed by atoms with Crippen LogP contribution >= 0.6 is 0 Å². The Kier molecular flexibility index (Phi) is 5.14. The Hall–Kier alpha value is -3.08. The molecule has 5 heteroatoms. The van der Waals surface area contributed by atoms with Crippen LogP contribution in [0, 0.1) is 12.8 Å². The summed E-state index contributed by atoms with van der Waals surface area (Å²) >= 11 is 0. The van der Waals surface area contributed by atoms with Crippen LogP contribution < -0.4 is 5.73 Å². The van der Waals surface area contributed by atoms with E-state index in [-0.39, 0.29) is 5.91 Å². The standard InChI is InChI=1S/C24H28N4O/c1-16-4-5-20(14-22(16)25)24(29)28-13-11-21(17(2)15-28)18-6-8-19(9-7-18)23-10-12-26-27(23)3/h4-10,12,14,17,21H,11,13,15,25H2,1-3H3/t17-,21-/m0/s1. The van der Waals surface area contributed by atoms with E-state index in [2.05, 4.69) is 36.3 Å². The molecular formula is C24H28N4O. The van der Waals surface area contributed by atoms with Crippen molar-refractivity contribution < 1.29 is 4.79 Å². The van der Waals surface area contributed by atoms with Crippen molar-refractivity contribution in [3.63, 3.8) is 0 Å². The first-order valence-electron chi connectivity index (χ1n) is 10.2. The molecule has 2 N–H and O–H groups in total. The van der Waals surface area contributed by atoms with Gasteiger partial charge in [0.15, 0.2) is 0 Å². The lowest BCUT2D eigenvalue weighted by atomic mass is 9.81. The lowest BCUT2D eigenvalue weighted by molar-refractivity contribution is 0.0661. The number of carbonyl (C=O) groups is 1. The average molecular weight is 389 g/mol. The second-order valence-electron chi connectivity index (χ2n) is 8.16. The zero-order valence-corrected chi connectivity index (χ0v) is 17.3. The highest BCUT2D eigenvalue weighted by atomic mass is 16.2. The molecule has 1 aromatic heterocycles. The summed E-state index contributed by atoms with van der Waals surface area (Å²) in [5, 5.41) is 4.25. The molecule has 1 fully saturated rings. The summed E-state index contributed by atoms with van der Waals surface area (Å²) in [7, 11) is 1.96. The van der Waals surface area contributed by atoms with Gasteiger partial charge in [-0.2, -0.15) is 5.10 Å². The molecule has 1 aliphatic rings. The second kappa shape index (κ2) is 7.74. The van der Waals surface area contributed by atoms with Crippen molar-refractivity contribution in [2.45, 2.75) is 26.2 Å². The number of carbonyl (C=O) groups excluding carboxylic acids is 1. The molecular weight excluding hydrogens is 360 g/mol. The van der Waals surface area contributed by atoms with Crippen LogP contribution in [0.3, 0.4) is 0 Å². The van der Waals surface area contributed by atoms with Gasteiger partial charge in [0.05, 0.1) is 5.69 Å². The number of benzene rings is 2. The van der Waals surface area contributed by atoms with Crippen LogP contribution in [0.1, 0.15) is 40.7 Å². The van der Waals surface area contributed by atoms with Gasteiger partial charge in [0.25, 0.3) is 5.91 Å². The molecule has 0 spiro atoms. The van der Waals surface area contributed by atoms with Gasteiger partial charge in [0.1, 0.15) is 0 Å². The maximum atomic E-state index is 12.9. The van der Waals surface area contributed by atoms with Crippen molar-refractivity contribution in [2.24, 2.45) is 13.0 Å². The summed E-state index contributed by atoms with van der Waals surface area (Å²) < 4.78 is 1.89. The van der Waals surface area contributed by atoms with E-state index in [1.54, 1.807) is 6.07 Å². The number of hydrogen-bond acceptors (Lipinski definition) is 3. The molecule has 1 aliphatic heterocycles. The molecule has 1 saturated heterocycles. The van der Waals surface area contributed by atoms with E-state index in [0.29, 0.717) is 23.1 Å². The smallest absolute Gasteiger partial charge is 0.253 e. The number of piperidine rings is 1. The van der Waals surface area contributed by atoms with Crippen LogP contribution in [-0.4, -0.2) is 33.7 Å². The Balaban J connectivity index is 1.45. The molecule has 0 radical (unpaired) electrons. The van der Waals surface area contributed by atoms with Gasteiger partial charge < -0.3 is 10.6 Å². The minimum atomic E-state index is 0.0774. The van der Waals surface area contributed by atoms with Crippen LogP contribution in [-0.2, 0) is 7.05 Å². The summed E-state index contributed by atoms with van der Waals surface area (Å²) in [4.78, 5) is 14.9. The zero-order chi connectivity index (χ0) is 20.5. The molecule has 150 valence electrons. The highest BCUT2D eigenvalue weighted by Gasteiger charge is 2.30. The van der Waals surface area contributed by atoms with E-state index in [1.807, 2.05) is 47.9 Å². The fraction of sp³-hybridized carbons (Fsp3) is 0.333. The van der Waals surface area contributed by atoms with Crippen molar-refractivity contribution in [1.29, 1.82) is 0 Å². The number of nitrogens with two attached hydrogens (primary N) is 1. The van der Waals surface area contributed by atoms with Crippen molar-refractivity contribution >= 4 is 11.6 Å².